The van der Waals surface area contributed by atoms with E-state index in [2.05, 4.69) is 10.6 Å². The molecule has 2 atom stereocenters. The number of sulfone groups is 1. The van der Waals surface area contributed by atoms with E-state index in [1.807, 2.05) is 30.3 Å². The van der Waals surface area contributed by atoms with Gasteiger partial charge in [0.15, 0.2) is 15.9 Å². The molecule has 0 aromatic heterocycles. The molecule has 0 spiro atoms. The van der Waals surface area contributed by atoms with Crippen LogP contribution in [0.2, 0.25) is 0 Å². The first-order valence-electron chi connectivity index (χ1n) is 8.96. The van der Waals surface area contributed by atoms with E-state index in [1.165, 1.54) is 13.0 Å². The summed E-state index contributed by atoms with van der Waals surface area (Å²) >= 11 is 0. The highest BCUT2D eigenvalue weighted by atomic mass is 32.2. The summed E-state index contributed by atoms with van der Waals surface area (Å²) in [5, 5.41) is 5.13. The van der Waals surface area contributed by atoms with Crippen LogP contribution in [0.15, 0.2) is 36.4 Å². The summed E-state index contributed by atoms with van der Waals surface area (Å²) in [5.41, 5.74) is 0.881. The number of hydrogen-bond donors (Lipinski definition) is 2. The SMILES string of the molecule is C[C@H](OC(=O)CCNC(=O)/C=C/c1ccccc1)C(=O)N[C@H]1CCS(=O)(=O)C1. The Bertz CT molecular complexity index is 835. The summed E-state index contributed by atoms with van der Waals surface area (Å²) in [6.45, 7) is 1.49. The van der Waals surface area contributed by atoms with Gasteiger partial charge in [0.2, 0.25) is 5.91 Å². The van der Waals surface area contributed by atoms with Crippen LogP contribution in [0.25, 0.3) is 6.08 Å². The molecule has 1 heterocycles. The van der Waals surface area contributed by atoms with E-state index in [0.29, 0.717) is 6.42 Å². The zero-order chi connectivity index (χ0) is 20.6. The van der Waals surface area contributed by atoms with Crippen molar-refractivity contribution in [1.29, 1.82) is 0 Å². The topological polar surface area (TPSA) is 119 Å². The Morgan fingerprint density at radius 1 is 1.25 bits per heavy atom. The molecule has 8 nitrogen and oxygen atoms in total. The molecule has 2 rings (SSSR count). The van der Waals surface area contributed by atoms with Crippen molar-refractivity contribution in [1.82, 2.24) is 10.6 Å². The van der Waals surface area contributed by atoms with Gasteiger partial charge in [0, 0.05) is 18.7 Å². The zero-order valence-electron chi connectivity index (χ0n) is 15.6. The van der Waals surface area contributed by atoms with Crippen molar-refractivity contribution in [3.05, 3.63) is 42.0 Å². The summed E-state index contributed by atoms with van der Waals surface area (Å²) in [6, 6.07) is 8.85. The Morgan fingerprint density at radius 3 is 2.61 bits per heavy atom. The molecule has 0 radical (unpaired) electrons. The van der Waals surface area contributed by atoms with Crippen LogP contribution in [0.3, 0.4) is 0 Å². The van der Waals surface area contributed by atoms with Crippen molar-refractivity contribution in [2.75, 3.05) is 18.1 Å². The molecule has 2 N–H and O–H groups in total. The summed E-state index contributed by atoms with van der Waals surface area (Å²) < 4.78 is 27.8. The number of amides is 2. The third-order valence-electron chi connectivity index (χ3n) is 4.11. The second kappa shape index (κ2) is 10.0. The first kappa shape index (κ1) is 21.6. The normalized spacial score (nSPS) is 19.1. The second-order valence-electron chi connectivity index (χ2n) is 6.53. The molecule has 2 amide bonds. The van der Waals surface area contributed by atoms with Crippen LogP contribution in [0.4, 0.5) is 0 Å². The first-order valence-corrected chi connectivity index (χ1v) is 10.8. The predicted molar refractivity (Wildman–Crippen MR) is 104 cm³/mol. The minimum absolute atomic E-state index is 0.0462. The number of nitrogens with one attached hydrogen (secondary N) is 2. The third kappa shape index (κ3) is 7.51. The Hall–Kier alpha value is -2.68. The molecule has 9 heteroatoms. The van der Waals surface area contributed by atoms with Crippen LogP contribution in [0.1, 0.15) is 25.3 Å². The van der Waals surface area contributed by atoms with Gasteiger partial charge in [-0.1, -0.05) is 30.3 Å². The van der Waals surface area contributed by atoms with Crippen molar-refractivity contribution in [2.24, 2.45) is 0 Å². The van der Waals surface area contributed by atoms with Crippen molar-refractivity contribution in [3.63, 3.8) is 0 Å². The summed E-state index contributed by atoms with van der Waals surface area (Å²) in [7, 11) is -3.10. The van der Waals surface area contributed by atoms with E-state index < -0.39 is 33.9 Å². The van der Waals surface area contributed by atoms with Crippen LogP contribution in [0.5, 0.6) is 0 Å². The van der Waals surface area contributed by atoms with Crippen molar-refractivity contribution in [2.45, 2.75) is 31.9 Å². The molecule has 1 aliphatic rings. The van der Waals surface area contributed by atoms with Crippen molar-refractivity contribution >= 4 is 33.7 Å². The summed E-state index contributed by atoms with van der Waals surface area (Å²) in [4.78, 5) is 35.5. The molecule has 152 valence electrons. The van der Waals surface area contributed by atoms with E-state index in [-0.39, 0.29) is 30.4 Å². The molecule has 1 fully saturated rings. The molecular weight excluding hydrogens is 384 g/mol. The molecule has 1 aromatic carbocycles. The van der Waals surface area contributed by atoms with Gasteiger partial charge in [-0.25, -0.2) is 8.42 Å². The van der Waals surface area contributed by atoms with Gasteiger partial charge in [0.05, 0.1) is 17.9 Å². The molecule has 1 aromatic rings. The predicted octanol–water partition coefficient (Wildman–Crippen LogP) is 0.441. The molecular formula is C19H24N2O6S. The van der Waals surface area contributed by atoms with Gasteiger partial charge < -0.3 is 15.4 Å². The highest BCUT2D eigenvalue weighted by molar-refractivity contribution is 7.91. The molecule has 0 bridgehead atoms. The maximum absolute atomic E-state index is 12.0. The smallest absolute Gasteiger partial charge is 0.308 e. The van der Waals surface area contributed by atoms with E-state index in [1.54, 1.807) is 6.08 Å². The van der Waals surface area contributed by atoms with Gasteiger partial charge in [0.25, 0.3) is 5.91 Å². The number of rotatable bonds is 8. The molecule has 0 unspecified atom stereocenters. The van der Waals surface area contributed by atoms with Gasteiger partial charge in [-0.2, -0.15) is 0 Å². The third-order valence-corrected chi connectivity index (χ3v) is 5.88. The fraction of sp³-hybridized carbons (Fsp3) is 0.421. The number of hydrogen-bond acceptors (Lipinski definition) is 6. The lowest BCUT2D eigenvalue weighted by atomic mass is 10.2. The molecule has 1 aliphatic heterocycles. The van der Waals surface area contributed by atoms with E-state index in [0.717, 1.165) is 5.56 Å². The van der Waals surface area contributed by atoms with Crippen LogP contribution in [0, 0.1) is 0 Å². The van der Waals surface area contributed by atoms with Crippen molar-refractivity contribution < 1.29 is 27.5 Å². The number of carbonyl (C=O) groups excluding carboxylic acids is 3. The van der Waals surface area contributed by atoms with Crippen LogP contribution in [-0.4, -0.2) is 56.4 Å². The van der Waals surface area contributed by atoms with E-state index in [9.17, 15) is 22.8 Å². The van der Waals surface area contributed by atoms with Crippen LogP contribution < -0.4 is 10.6 Å². The average Bonchev–Trinajstić information content (AvgIpc) is 2.99. The van der Waals surface area contributed by atoms with Gasteiger partial charge >= 0.3 is 5.97 Å². The Kier molecular flexibility index (Phi) is 7.74. The van der Waals surface area contributed by atoms with Gasteiger partial charge in [-0.3, -0.25) is 14.4 Å². The lowest BCUT2D eigenvalue weighted by Crippen LogP contribution is -2.42. The van der Waals surface area contributed by atoms with Crippen LogP contribution in [-0.2, 0) is 29.0 Å². The maximum Gasteiger partial charge on any atom is 0.308 e. The monoisotopic (exact) mass is 408 g/mol. The van der Waals surface area contributed by atoms with Gasteiger partial charge in [0.1, 0.15) is 0 Å². The highest BCUT2D eigenvalue weighted by Crippen LogP contribution is 2.11. The quantitative estimate of drug-likeness (QED) is 0.476. The number of ether oxygens (including phenoxy) is 1. The molecule has 0 aliphatic carbocycles. The maximum atomic E-state index is 12.0. The van der Waals surface area contributed by atoms with E-state index in [4.69, 9.17) is 4.74 Å². The average molecular weight is 408 g/mol. The summed E-state index contributed by atoms with van der Waals surface area (Å²) in [5.74, 6) is -1.56. The minimum Gasteiger partial charge on any atom is -0.452 e. The van der Waals surface area contributed by atoms with Crippen LogP contribution >= 0.6 is 0 Å². The number of carbonyl (C=O) groups is 3. The molecule has 1 saturated heterocycles. The summed E-state index contributed by atoms with van der Waals surface area (Å²) in [6.07, 6.45) is 2.26. The Labute approximate surface area is 164 Å². The molecule has 0 saturated carbocycles. The fourth-order valence-electron chi connectivity index (χ4n) is 2.62. The minimum atomic E-state index is -3.10. The zero-order valence-corrected chi connectivity index (χ0v) is 16.4. The Morgan fingerprint density at radius 2 is 1.96 bits per heavy atom. The lowest BCUT2D eigenvalue weighted by molar-refractivity contribution is -0.154. The standard InChI is InChI=1S/C19H24N2O6S/c1-14(19(24)21-16-10-12-28(25,26)13-16)27-18(23)9-11-20-17(22)8-7-15-5-3-2-4-6-15/h2-8,14,16H,9-13H2,1H3,(H,20,22)(H,21,24)/b8-7+/t14-,16-/m0/s1. The first-order chi connectivity index (χ1) is 13.2. The van der Waals surface area contributed by atoms with Gasteiger partial charge in [-0.05, 0) is 25.0 Å². The second-order valence-corrected chi connectivity index (χ2v) is 8.75. The number of benzene rings is 1. The number of esters is 1. The van der Waals surface area contributed by atoms with E-state index >= 15 is 0 Å². The highest BCUT2D eigenvalue weighted by Gasteiger charge is 2.30. The largest absolute Gasteiger partial charge is 0.452 e. The van der Waals surface area contributed by atoms with Gasteiger partial charge in [-0.15, -0.1) is 0 Å². The Balaban J connectivity index is 1.65. The van der Waals surface area contributed by atoms with Crippen molar-refractivity contribution in [3.8, 4) is 0 Å². The fourth-order valence-corrected chi connectivity index (χ4v) is 4.29. The lowest BCUT2D eigenvalue weighted by Gasteiger charge is -2.16. The molecule has 28 heavy (non-hydrogen) atoms.